The molecule has 0 spiro atoms. The highest BCUT2D eigenvalue weighted by molar-refractivity contribution is 9.10. The van der Waals surface area contributed by atoms with E-state index in [-0.39, 0.29) is 5.75 Å². The van der Waals surface area contributed by atoms with Gasteiger partial charge < -0.3 is 14.8 Å². The second-order valence-electron chi connectivity index (χ2n) is 5.52. The van der Waals surface area contributed by atoms with Gasteiger partial charge in [-0.1, -0.05) is 28.1 Å². The highest BCUT2D eigenvalue weighted by Gasteiger charge is 2.19. The maximum atomic E-state index is 12.2. The van der Waals surface area contributed by atoms with Crippen molar-refractivity contribution in [2.45, 2.75) is 24.8 Å². The predicted octanol–water partition coefficient (Wildman–Crippen LogP) is 4.43. The fourth-order valence-corrected chi connectivity index (χ4v) is 3.45. The Hall–Kier alpha value is -1.99. The first kappa shape index (κ1) is 20.3. The van der Waals surface area contributed by atoms with Gasteiger partial charge in [0.15, 0.2) is 6.10 Å². The van der Waals surface area contributed by atoms with Crippen LogP contribution in [0.5, 0.6) is 5.75 Å². The third kappa shape index (κ3) is 5.78. The first-order valence-corrected chi connectivity index (χ1v) is 9.71. The Morgan fingerprint density at radius 2 is 1.96 bits per heavy atom. The Balaban J connectivity index is 1.86. The van der Waals surface area contributed by atoms with Crippen molar-refractivity contribution in [3.8, 4) is 5.75 Å². The molecule has 1 amide bonds. The number of hydrogen-bond acceptors (Lipinski definition) is 5. The largest absolute Gasteiger partial charge is 0.495 e. The van der Waals surface area contributed by atoms with Gasteiger partial charge in [0.2, 0.25) is 0 Å². The number of methoxy groups -OCH3 is 1. The molecule has 1 unspecified atom stereocenters. The van der Waals surface area contributed by atoms with Crippen molar-refractivity contribution in [3.63, 3.8) is 0 Å². The molecular weight excluding hydrogens is 418 g/mol. The van der Waals surface area contributed by atoms with E-state index in [0.29, 0.717) is 11.4 Å². The SMILES string of the molecule is COc1ccccc1NC(=O)C(C)OC(=O)CSc1ccc(Br)cc1C. The Labute approximate surface area is 165 Å². The summed E-state index contributed by atoms with van der Waals surface area (Å²) in [5, 5.41) is 2.70. The minimum absolute atomic E-state index is 0.134. The van der Waals surface area contributed by atoms with E-state index in [0.717, 1.165) is 14.9 Å². The van der Waals surface area contributed by atoms with E-state index in [9.17, 15) is 9.59 Å². The molecule has 0 bridgehead atoms. The van der Waals surface area contributed by atoms with Crippen LogP contribution < -0.4 is 10.1 Å². The number of aryl methyl sites for hydroxylation is 1. The summed E-state index contributed by atoms with van der Waals surface area (Å²) in [5.41, 5.74) is 1.60. The summed E-state index contributed by atoms with van der Waals surface area (Å²) in [4.78, 5) is 25.3. The third-order valence-electron chi connectivity index (χ3n) is 3.52. The van der Waals surface area contributed by atoms with Gasteiger partial charge in [-0.2, -0.15) is 0 Å². The highest BCUT2D eigenvalue weighted by atomic mass is 79.9. The molecule has 138 valence electrons. The predicted molar refractivity (Wildman–Crippen MR) is 107 cm³/mol. The molecule has 5 nitrogen and oxygen atoms in total. The molecule has 0 aromatic heterocycles. The average Bonchev–Trinajstić information content (AvgIpc) is 2.61. The summed E-state index contributed by atoms with van der Waals surface area (Å²) < 4.78 is 11.4. The van der Waals surface area contributed by atoms with Gasteiger partial charge in [0.1, 0.15) is 5.75 Å². The van der Waals surface area contributed by atoms with E-state index in [4.69, 9.17) is 9.47 Å². The molecule has 2 aromatic rings. The van der Waals surface area contributed by atoms with Gasteiger partial charge in [0.25, 0.3) is 5.91 Å². The van der Waals surface area contributed by atoms with Crippen LogP contribution in [0.2, 0.25) is 0 Å². The third-order valence-corrected chi connectivity index (χ3v) is 5.17. The molecule has 1 atom stereocenters. The van der Waals surface area contributed by atoms with Crippen molar-refractivity contribution in [3.05, 3.63) is 52.5 Å². The number of halogens is 1. The number of hydrogen-bond donors (Lipinski definition) is 1. The van der Waals surface area contributed by atoms with Gasteiger partial charge in [-0.3, -0.25) is 9.59 Å². The molecule has 0 saturated heterocycles. The lowest BCUT2D eigenvalue weighted by Gasteiger charge is -2.15. The van der Waals surface area contributed by atoms with Crippen LogP contribution in [-0.4, -0.2) is 30.8 Å². The number of nitrogens with one attached hydrogen (secondary N) is 1. The smallest absolute Gasteiger partial charge is 0.317 e. The summed E-state index contributed by atoms with van der Waals surface area (Å²) >= 11 is 4.79. The molecule has 2 aromatic carbocycles. The zero-order chi connectivity index (χ0) is 19.1. The topological polar surface area (TPSA) is 64.6 Å². The number of esters is 1. The molecule has 2 rings (SSSR count). The normalized spacial score (nSPS) is 11.5. The van der Waals surface area contributed by atoms with Gasteiger partial charge in [-0.25, -0.2) is 0 Å². The van der Waals surface area contributed by atoms with Crippen LogP contribution in [0.4, 0.5) is 5.69 Å². The van der Waals surface area contributed by atoms with Gasteiger partial charge in [0.05, 0.1) is 18.6 Å². The Morgan fingerprint density at radius 3 is 2.65 bits per heavy atom. The van der Waals surface area contributed by atoms with E-state index >= 15 is 0 Å². The number of para-hydroxylation sites is 2. The zero-order valence-corrected chi connectivity index (χ0v) is 17.1. The lowest BCUT2D eigenvalue weighted by Crippen LogP contribution is -2.30. The number of carbonyl (C=O) groups excluding carboxylic acids is 2. The first-order chi connectivity index (χ1) is 12.4. The number of amides is 1. The molecule has 0 heterocycles. The molecule has 26 heavy (non-hydrogen) atoms. The summed E-state index contributed by atoms with van der Waals surface area (Å²) in [6.45, 7) is 3.51. The van der Waals surface area contributed by atoms with Crippen molar-refractivity contribution in [2.75, 3.05) is 18.2 Å². The molecule has 0 radical (unpaired) electrons. The number of rotatable bonds is 7. The van der Waals surface area contributed by atoms with Crippen molar-refractivity contribution < 1.29 is 19.1 Å². The van der Waals surface area contributed by atoms with Crippen LogP contribution in [0, 0.1) is 6.92 Å². The van der Waals surface area contributed by atoms with E-state index in [1.54, 1.807) is 24.3 Å². The minimum Gasteiger partial charge on any atom is -0.495 e. The monoisotopic (exact) mass is 437 g/mol. The second kappa shape index (κ2) is 9.64. The Kier molecular flexibility index (Phi) is 7.53. The number of benzene rings is 2. The van der Waals surface area contributed by atoms with Crippen molar-refractivity contribution >= 4 is 45.3 Å². The Morgan fingerprint density at radius 1 is 1.23 bits per heavy atom. The lowest BCUT2D eigenvalue weighted by atomic mass is 10.2. The molecule has 0 aliphatic rings. The maximum absolute atomic E-state index is 12.2. The number of thioether (sulfide) groups is 1. The van der Waals surface area contributed by atoms with Crippen LogP contribution in [-0.2, 0) is 14.3 Å². The van der Waals surface area contributed by atoms with Crippen molar-refractivity contribution in [2.24, 2.45) is 0 Å². The van der Waals surface area contributed by atoms with Gasteiger partial charge in [-0.15, -0.1) is 11.8 Å². The summed E-state index contributed by atoms with van der Waals surface area (Å²) in [6.07, 6.45) is -0.904. The van der Waals surface area contributed by atoms with Crippen LogP contribution in [0.3, 0.4) is 0 Å². The van der Waals surface area contributed by atoms with Crippen LogP contribution in [0.1, 0.15) is 12.5 Å². The van der Waals surface area contributed by atoms with Gasteiger partial charge in [-0.05, 0) is 49.7 Å². The van der Waals surface area contributed by atoms with Gasteiger partial charge in [0, 0.05) is 9.37 Å². The average molecular weight is 438 g/mol. The zero-order valence-electron chi connectivity index (χ0n) is 14.7. The summed E-state index contributed by atoms with van der Waals surface area (Å²) in [7, 11) is 1.52. The number of carbonyl (C=O) groups is 2. The first-order valence-electron chi connectivity index (χ1n) is 7.93. The highest BCUT2D eigenvalue weighted by Crippen LogP contribution is 2.26. The van der Waals surface area contributed by atoms with Gasteiger partial charge >= 0.3 is 5.97 Å². The van der Waals surface area contributed by atoms with Crippen molar-refractivity contribution in [1.29, 1.82) is 0 Å². The van der Waals surface area contributed by atoms with Crippen molar-refractivity contribution in [1.82, 2.24) is 0 Å². The minimum atomic E-state index is -0.904. The number of ether oxygens (including phenoxy) is 2. The van der Waals surface area contributed by atoms with E-state index in [2.05, 4.69) is 21.2 Å². The van der Waals surface area contributed by atoms with E-state index in [1.807, 2.05) is 25.1 Å². The molecule has 1 N–H and O–H groups in total. The molecule has 7 heteroatoms. The molecule has 0 aliphatic carbocycles. The standard InChI is InChI=1S/C19H20BrNO4S/c1-12-10-14(20)8-9-17(12)26-11-18(22)25-13(2)19(23)21-15-6-4-5-7-16(15)24-3/h4-10,13H,11H2,1-3H3,(H,21,23). The summed E-state index contributed by atoms with van der Waals surface area (Å²) in [6, 6.07) is 12.9. The summed E-state index contributed by atoms with van der Waals surface area (Å²) in [5.74, 6) is -0.178. The molecule has 0 fully saturated rings. The van der Waals surface area contributed by atoms with Crippen LogP contribution >= 0.6 is 27.7 Å². The quantitative estimate of drug-likeness (QED) is 0.512. The second-order valence-corrected chi connectivity index (χ2v) is 7.45. The maximum Gasteiger partial charge on any atom is 0.317 e. The van der Waals surface area contributed by atoms with E-state index < -0.39 is 18.0 Å². The molecule has 0 aliphatic heterocycles. The van der Waals surface area contributed by atoms with Crippen LogP contribution in [0.15, 0.2) is 51.8 Å². The molecular formula is C19H20BrNO4S. The van der Waals surface area contributed by atoms with E-state index in [1.165, 1.54) is 25.8 Å². The number of anilines is 1. The fraction of sp³-hybridized carbons (Fsp3) is 0.263. The fourth-order valence-electron chi connectivity index (χ4n) is 2.18. The van der Waals surface area contributed by atoms with Crippen LogP contribution in [0.25, 0.3) is 0 Å². The molecule has 0 saturated carbocycles. The lowest BCUT2D eigenvalue weighted by molar-refractivity contribution is -0.150. The Bertz CT molecular complexity index is 797.